The third-order valence-corrected chi connectivity index (χ3v) is 2.78. The van der Waals surface area contributed by atoms with Gasteiger partial charge in [0.05, 0.1) is 0 Å². The average Bonchev–Trinajstić information content (AvgIpc) is 2.30. The Morgan fingerprint density at radius 2 is 1.88 bits per heavy atom. The van der Waals surface area contributed by atoms with Crippen LogP contribution < -0.4 is 5.32 Å². The van der Waals surface area contributed by atoms with Crippen molar-refractivity contribution in [3.63, 3.8) is 0 Å². The van der Waals surface area contributed by atoms with Gasteiger partial charge in [-0.2, -0.15) is 0 Å². The quantitative estimate of drug-likeness (QED) is 0.806. The van der Waals surface area contributed by atoms with Gasteiger partial charge in [0.15, 0.2) is 0 Å². The molecule has 3 nitrogen and oxygen atoms in total. The lowest BCUT2D eigenvalue weighted by atomic mass is 10.1. The molecule has 0 atom stereocenters. The van der Waals surface area contributed by atoms with Gasteiger partial charge in [-0.25, -0.2) is 0 Å². The number of carbonyl (C=O) groups is 1. The van der Waals surface area contributed by atoms with Gasteiger partial charge in [0, 0.05) is 31.7 Å². The number of rotatable bonds is 1. The topological polar surface area (TPSA) is 32.3 Å². The molecular weight excluding hydrogens is 224 g/mol. The predicted molar refractivity (Wildman–Crippen MR) is 67.2 cm³/mol. The molecule has 1 aliphatic rings. The normalized spacial score (nSPS) is 15.4. The van der Waals surface area contributed by atoms with Crippen LogP contribution in [0, 0.1) is 6.92 Å². The summed E-state index contributed by atoms with van der Waals surface area (Å²) in [6.07, 6.45) is 0. The Labute approximate surface area is 102 Å². The smallest absolute Gasteiger partial charge is 0.254 e. The van der Waals surface area contributed by atoms with Crippen molar-refractivity contribution in [3.8, 4) is 0 Å². The van der Waals surface area contributed by atoms with E-state index in [1.165, 1.54) is 0 Å². The number of hydrogen-bond acceptors (Lipinski definition) is 2. The molecule has 1 aliphatic heterocycles. The molecule has 0 bridgehead atoms. The van der Waals surface area contributed by atoms with Gasteiger partial charge in [-0.15, -0.1) is 12.4 Å². The predicted octanol–water partition coefficient (Wildman–Crippen LogP) is 1.46. The molecule has 0 saturated carbocycles. The molecule has 4 heteroatoms. The van der Waals surface area contributed by atoms with Crippen molar-refractivity contribution < 1.29 is 4.79 Å². The maximum absolute atomic E-state index is 12.1. The summed E-state index contributed by atoms with van der Waals surface area (Å²) in [5.74, 6) is 0.162. The van der Waals surface area contributed by atoms with Gasteiger partial charge in [0.1, 0.15) is 0 Å². The van der Waals surface area contributed by atoms with E-state index < -0.39 is 0 Å². The Kier molecular flexibility index (Phi) is 4.77. The van der Waals surface area contributed by atoms with Crippen LogP contribution in [0.25, 0.3) is 0 Å². The van der Waals surface area contributed by atoms with Crippen LogP contribution in [-0.2, 0) is 0 Å². The van der Waals surface area contributed by atoms with Crippen LogP contribution in [0.4, 0.5) is 0 Å². The number of nitrogens with zero attached hydrogens (tertiary/aromatic N) is 1. The largest absolute Gasteiger partial charge is 0.336 e. The highest BCUT2D eigenvalue weighted by molar-refractivity contribution is 5.95. The lowest BCUT2D eigenvalue weighted by Gasteiger charge is -2.27. The van der Waals surface area contributed by atoms with E-state index in [0.29, 0.717) is 0 Å². The Morgan fingerprint density at radius 3 is 2.50 bits per heavy atom. The van der Waals surface area contributed by atoms with Gasteiger partial charge < -0.3 is 10.2 Å². The molecule has 1 aromatic carbocycles. The van der Waals surface area contributed by atoms with E-state index in [-0.39, 0.29) is 18.3 Å². The van der Waals surface area contributed by atoms with Crippen molar-refractivity contribution in [1.29, 1.82) is 0 Å². The highest BCUT2D eigenvalue weighted by atomic mass is 35.5. The summed E-state index contributed by atoms with van der Waals surface area (Å²) in [5, 5.41) is 3.24. The van der Waals surface area contributed by atoms with Gasteiger partial charge in [0.2, 0.25) is 0 Å². The van der Waals surface area contributed by atoms with Gasteiger partial charge in [0.25, 0.3) is 5.91 Å². The van der Waals surface area contributed by atoms with E-state index in [1.807, 2.05) is 36.1 Å². The number of aryl methyl sites for hydroxylation is 1. The van der Waals surface area contributed by atoms with E-state index in [1.54, 1.807) is 0 Å². The molecule has 1 heterocycles. The average molecular weight is 241 g/mol. The molecule has 0 unspecified atom stereocenters. The fourth-order valence-corrected chi connectivity index (χ4v) is 1.85. The van der Waals surface area contributed by atoms with Crippen molar-refractivity contribution in [2.75, 3.05) is 26.2 Å². The first-order valence-electron chi connectivity index (χ1n) is 5.34. The highest BCUT2D eigenvalue weighted by Crippen LogP contribution is 2.10. The number of hydrogen-bond donors (Lipinski definition) is 1. The minimum absolute atomic E-state index is 0. The third kappa shape index (κ3) is 2.74. The standard InChI is InChI=1S/C12H16N2O.ClH/c1-10-4-2-3-5-11(10)12(15)14-8-6-13-7-9-14;/h2-5,13H,6-9H2,1H3;1H. The molecule has 0 spiro atoms. The van der Waals surface area contributed by atoms with Crippen LogP contribution in [0.5, 0.6) is 0 Å². The SMILES string of the molecule is Cc1ccccc1C(=O)N1CCNCC1.Cl. The second kappa shape index (κ2) is 5.87. The molecule has 2 rings (SSSR count). The molecular formula is C12H17ClN2O. The number of piperazine rings is 1. The van der Waals surface area contributed by atoms with Crippen molar-refractivity contribution in [2.24, 2.45) is 0 Å². The molecule has 1 saturated heterocycles. The monoisotopic (exact) mass is 240 g/mol. The number of benzene rings is 1. The molecule has 1 amide bonds. The highest BCUT2D eigenvalue weighted by Gasteiger charge is 2.18. The van der Waals surface area contributed by atoms with Crippen LogP contribution in [0.3, 0.4) is 0 Å². The first-order valence-corrected chi connectivity index (χ1v) is 5.34. The van der Waals surface area contributed by atoms with Crippen LogP contribution >= 0.6 is 12.4 Å². The fourth-order valence-electron chi connectivity index (χ4n) is 1.85. The van der Waals surface area contributed by atoms with Crippen molar-refractivity contribution in [3.05, 3.63) is 35.4 Å². The van der Waals surface area contributed by atoms with Gasteiger partial charge in [-0.1, -0.05) is 18.2 Å². The van der Waals surface area contributed by atoms with Gasteiger partial charge in [-0.05, 0) is 18.6 Å². The summed E-state index contributed by atoms with van der Waals surface area (Å²) in [4.78, 5) is 14.0. The van der Waals surface area contributed by atoms with Gasteiger partial charge in [-0.3, -0.25) is 4.79 Å². The number of amides is 1. The maximum atomic E-state index is 12.1. The van der Waals surface area contributed by atoms with E-state index in [2.05, 4.69) is 5.32 Å². The summed E-state index contributed by atoms with van der Waals surface area (Å²) < 4.78 is 0. The van der Waals surface area contributed by atoms with Crippen molar-refractivity contribution >= 4 is 18.3 Å². The molecule has 1 aromatic rings. The van der Waals surface area contributed by atoms with Crippen molar-refractivity contribution in [1.82, 2.24) is 10.2 Å². The first-order chi connectivity index (χ1) is 7.29. The van der Waals surface area contributed by atoms with E-state index in [0.717, 1.165) is 37.3 Å². The molecule has 1 N–H and O–H groups in total. The zero-order chi connectivity index (χ0) is 10.7. The molecule has 0 aliphatic carbocycles. The number of nitrogens with one attached hydrogen (secondary N) is 1. The summed E-state index contributed by atoms with van der Waals surface area (Å²) in [5.41, 5.74) is 1.89. The Balaban J connectivity index is 0.00000128. The van der Waals surface area contributed by atoms with Gasteiger partial charge >= 0.3 is 0 Å². The lowest BCUT2D eigenvalue weighted by Crippen LogP contribution is -2.46. The molecule has 0 aromatic heterocycles. The van der Waals surface area contributed by atoms with E-state index >= 15 is 0 Å². The Bertz CT molecular complexity index is 362. The Hall–Kier alpha value is -1.06. The number of halogens is 1. The first kappa shape index (κ1) is 13.0. The molecule has 16 heavy (non-hydrogen) atoms. The summed E-state index contributed by atoms with van der Waals surface area (Å²) in [6.45, 7) is 5.41. The summed E-state index contributed by atoms with van der Waals surface area (Å²) in [6, 6.07) is 7.77. The zero-order valence-corrected chi connectivity index (χ0v) is 10.2. The third-order valence-electron chi connectivity index (χ3n) is 2.78. The minimum Gasteiger partial charge on any atom is -0.336 e. The molecule has 0 radical (unpaired) electrons. The second-order valence-corrected chi connectivity index (χ2v) is 3.86. The minimum atomic E-state index is 0. The van der Waals surface area contributed by atoms with E-state index in [4.69, 9.17) is 0 Å². The fraction of sp³-hybridized carbons (Fsp3) is 0.417. The molecule has 88 valence electrons. The maximum Gasteiger partial charge on any atom is 0.254 e. The van der Waals surface area contributed by atoms with Crippen LogP contribution in [0.1, 0.15) is 15.9 Å². The van der Waals surface area contributed by atoms with E-state index in [9.17, 15) is 4.79 Å². The van der Waals surface area contributed by atoms with Crippen LogP contribution in [0.2, 0.25) is 0 Å². The second-order valence-electron chi connectivity index (χ2n) is 3.86. The molecule has 1 fully saturated rings. The van der Waals surface area contributed by atoms with Crippen LogP contribution in [0.15, 0.2) is 24.3 Å². The summed E-state index contributed by atoms with van der Waals surface area (Å²) >= 11 is 0. The van der Waals surface area contributed by atoms with Crippen LogP contribution in [-0.4, -0.2) is 37.0 Å². The lowest BCUT2D eigenvalue weighted by molar-refractivity contribution is 0.0735. The zero-order valence-electron chi connectivity index (χ0n) is 9.40. The Morgan fingerprint density at radius 1 is 1.25 bits per heavy atom. The number of carbonyl (C=O) groups excluding carboxylic acids is 1. The summed E-state index contributed by atoms with van der Waals surface area (Å²) in [7, 11) is 0. The van der Waals surface area contributed by atoms with Crippen molar-refractivity contribution in [2.45, 2.75) is 6.92 Å².